The van der Waals surface area contributed by atoms with Gasteiger partial charge in [0.05, 0.1) is 11.0 Å². The first-order valence-electron chi connectivity index (χ1n) is 8.97. The number of nitrogen functional groups attached to an aromatic ring is 1. The zero-order chi connectivity index (χ0) is 21.7. The molecule has 1 aliphatic rings. The van der Waals surface area contributed by atoms with Crippen LogP contribution >= 0.6 is 0 Å². The van der Waals surface area contributed by atoms with E-state index in [2.05, 4.69) is 0 Å². The highest BCUT2D eigenvalue weighted by atomic mass is 16.7. The highest BCUT2D eigenvalue weighted by Gasteiger charge is 2.50. The molecule has 1 saturated heterocycles. The second kappa shape index (κ2) is 7.12. The molecule has 1 aromatic heterocycles. The average Bonchev–Trinajstić information content (AvgIpc) is 2.64. The second-order valence-electron chi connectivity index (χ2n) is 7.61. The number of aryl methyl sites for hydroxylation is 1. The fourth-order valence-corrected chi connectivity index (χ4v) is 3.36. The van der Waals surface area contributed by atoms with Gasteiger partial charge in [0, 0.05) is 11.5 Å². The number of hydrogen-bond acceptors (Lipinski definition) is 9. The van der Waals surface area contributed by atoms with Crippen LogP contribution in [0.3, 0.4) is 0 Å². The summed E-state index contributed by atoms with van der Waals surface area (Å²) in [4.78, 5) is 23.1. The topological polar surface area (TPSA) is 167 Å². The molecule has 1 fully saturated rings. The molecule has 0 radical (unpaired) electrons. The molecule has 10 heteroatoms. The molecule has 29 heavy (non-hydrogen) atoms. The molecule has 3 rings (SSSR count). The Labute approximate surface area is 165 Å². The van der Waals surface area contributed by atoms with Crippen LogP contribution in [0.5, 0.6) is 11.5 Å². The van der Waals surface area contributed by atoms with E-state index >= 15 is 0 Å². The van der Waals surface area contributed by atoms with Crippen molar-refractivity contribution >= 4 is 22.7 Å². The van der Waals surface area contributed by atoms with E-state index in [0.29, 0.717) is 5.56 Å². The molecule has 0 aliphatic carbocycles. The monoisotopic (exact) mass is 408 g/mol. The molecule has 10 nitrogen and oxygen atoms in total. The first-order chi connectivity index (χ1) is 13.4. The summed E-state index contributed by atoms with van der Waals surface area (Å²) in [7, 11) is 0. The summed E-state index contributed by atoms with van der Waals surface area (Å²) in [5.41, 5.74) is 9.03. The molecular formula is C19H24N2O8. The number of aliphatic hydroxyl groups excluding tert-OH is 1. The normalized spacial score (nSPS) is 26.2. The van der Waals surface area contributed by atoms with Crippen molar-refractivity contribution in [1.29, 1.82) is 0 Å². The quantitative estimate of drug-likeness (QED) is 0.548. The van der Waals surface area contributed by atoms with Gasteiger partial charge in [-0.2, -0.15) is 0 Å². The van der Waals surface area contributed by atoms with Crippen LogP contribution in [0.2, 0.25) is 0 Å². The number of anilines is 1. The summed E-state index contributed by atoms with van der Waals surface area (Å²) in [6.45, 7) is 6.90. The Bertz CT molecular complexity index is 1020. The Morgan fingerprint density at radius 3 is 2.59 bits per heavy atom. The van der Waals surface area contributed by atoms with E-state index < -0.39 is 41.5 Å². The number of nitrogens with two attached hydrogens (primary N) is 2. The number of primary amides is 1. The fraction of sp³-hybridized carbons (Fsp3) is 0.474. The second-order valence-corrected chi connectivity index (χ2v) is 7.61. The highest BCUT2D eigenvalue weighted by Crippen LogP contribution is 2.39. The van der Waals surface area contributed by atoms with Crippen LogP contribution in [0, 0.1) is 12.8 Å². The van der Waals surface area contributed by atoms with Gasteiger partial charge in [0.2, 0.25) is 6.29 Å². The summed E-state index contributed by atoms with van der Waals surface area (Å²) in [5.74, 6) is -0.526. The third-order valence-corrected chi connectivity index (χ3v) is 5.40. The Balaban J connectivity index is 1.99. The number of aliphatic hydroxyl groups is 1. The summed E-state index contributed by atoms with van der Waals surface area (Å²) in [5, 5.41) is 21.0. The number of hydrogen-bond donors (Lipinski definition) is 4. The molecule has 1 aliphatic heterocycles. The van der Waals surface area contributed by atoms with Gasteiger partial charge < -0.3 is 40.3 Å². The Morgan fingerprint density at radius 1 is 1.31 bits per heavy atom. The van der Waals surface area contributed by atoms with E-state index in [9.17, 15) is 19.8 Å². The Kier molecular flexibility index (Phi) is 5.10. The number of carbonyl (C=O) groups is 1. The van der Waals surface area contributed by atoms with Gasteiger partial charge in [-0.1, -0.05) is 6.92 Å². The molecule has 4 atom stereocenters. The van der Waals surface area contributed by atoms with E-state index in [1.165, 1.54) is 12.1 Å². The van der Waals surface area contributed by atoms with E-state index in [-0.39, 0.29) is 28.4 Å². The third-order valence-electron chi connectivity index (χ3n) is 5.40. The van der Waals surface area contributed by atoms with Gasteiger partial charge in [-0.05, 0) is 32.9 Å². The Morgan fingerprint density at radius 2 is 1.97 bits per heavy atom. The minimum absolute atomic E-state index is 0.0852. The van der Waals surface area contributed by atoms with Crippen molar-refractivity contribution < 1.29 is 33.6 Å². The third kappa shape index (κ3) is 3.56. The van der Waals surface area contributed by atoms with Gasteiger partial charge >= 0.3 is 11.7 Å². The minimum atomic E-state index is -1.33. The van der Waals surface area contributed by atoms with Crippen LogP contribution < -0.4 is 21.8 Å². The van der Waals surface area contributed by atoms with Crippen molar-refractivity contribution in [2.45, 2.75) is 51.8 Å². The standard InChI is InChI=1S/C19H24N2O8/c1-7-10(6-5-9-12(22)11(20)16(24)27-14(7)9)26-17-13(23)15(28-18(21)25)8(2)19(3,4)29-17/h5-6,8,13,15,17,22-23H,20H2,1-4H3,(H2,21,25)/t8-,13?,15+,17-/m1/s1. The van der Waals surface area contributed by atoms with Gasteiger partial charge in [0.15, 0.2) is 17.5 Å². The lowest BCUT2D eigenvalue weighted by atomic mass is 9.82. The number of ether oxygens (including phenoxy) is 3. The number of aromatic hydroxyl groups is 1. The van der Waals surface area contributed by atoms with Gasteiger partial charge in [-0.3, -0.25) is 0 Å². The van der Waals surface area contributed by atoms with Gasteiger partial charge in [-0.25, -0.2) is 9.59 Å². The Hall–Kier alpha value is -2.98. The molecule has 1 amide bonds. The zero-order valence-electron chi connectivity index (χ0n) is 16.5. The smallest absolute Gasteiger partial charge is 0.404 e. The molecule has 0 saturated carbocycles. The number of fused-ring (bicyclic) bond motifs is 1. The minimum Gasteiger partial charge on any atom is -0.505 e. The van der Waals surface area contributed by atoms with Gasteiger partial charge in [0.25, 0.3) is 0 Å². The first kappa shape index (κ1) is 20.7. The van der Waals surface area contributed by atoms with Crippen molar-refractivity contribution in [3.8, 4) is 11.5 Å². The lowest BCUT2D eigenvalue weighted by Crippen LogP contribution is -2.61. The van der Waals surface area contributed by atoms with Gasteiger partial charge in [-0.15, -0.1) is 0 Å². The van der Waals surface area contributed by atoms with Crippen molar-refractivity contribution in [2.24, 2.45) is 11.7 Å². The maximum atomic E-state index is 11.8. The molecule has 1 unspecified atom stereocenters. The number of benzene rings is 1. The van der Waals surface area contributed by atoms with Crippen molar-refractivity contribution in [3.05, 3.63) is 28.1 Å². The number of rotatable bonds is 3. The largest absolute Gasteiger partial charge is 0.505 e. The van der Waals surface area contributed by atoms with E-state index in [1.54, 1.807) is 27.7 Å². The summed E-state index contributed by atoms with van der Waals surface area (Å²) >= 11 is 0. The molecular weight excluding hydrogens is 384 g/mol. The number of amides is 1. The molecule has 6 N–H and O–H groups in total. The van der Waals surface area contributed by atoms with Crippen molar-refractivity contribution in [3.63, 3.8) is 0 Å². The maximum Gasteiger partial charge on any atom is 0.404 e. The lowest BCUT2D eigenvalue weighted by molar-refractivity contribution is -0.283. The number of carbonyl (C=O) groups excluding carboxylic acids is 1. The predicted molar refractivity (Wildman–Crippen MR) is 103 cm³/mol. The fourth-order valence-electron chi connectivity index (χ4n) is 3.36. The van der Waals surface area contributed by atoms with Crippen LogP contribution in [-0.2, 0) is 9.47 Å². The first-order valence-corrected chi connectivity index (χ1v) is 8.97. The summed E-state index contributed by atoms with van der Waals surface area (Å²) in [6.07, 6.45) is -4.50. The van der Waals surface area contributed by atoms with Crippen LogP contribution in [0.4, 0.5) is 10.5 Å². The highest BCUT2D eigenvalue weighted by molar-refractivity contribution is 5.90. The van der Waals surface area contributed by atoms with Crippen LogP contribution in [0.25, 0.3) is 11.0 Å². The van der Waals surface area contributed by atoms with Gasteiger partial charge in [0.1, 0.15) is 17.4 Å². The lowest BCUT2D eigenvalue weighted by Gasteiger charge is -2.47. The van der Waals surface area contributed by atoms with Crippen molar-refractivity contribution in [2.75, 3.05) is 5.73 Å². The maximum absolute atomic E-state index is 11.8. The zero-order valence-corrected chi connectivity index (χ0v) is 16.5. The average molecular weight is 408 g/mol. The summed E-state index contributed by atoms with van der Waals surface area (Å²) < 4.78 is 22.0. The molecule has 1 aromatic carbocycles. The molecule has 158 valence electrons. The SMILES string of the molecule is Cc1c(O[C@@H]2OC(C)(C)[C@H](C)[C@H](OC(N)=O)C2O)ccc2c(O)c(N)c(=O)oc12. The van der Waals surface area contributed by atoms with Crippen LogP contribution in [0.1, 0.15) is 26.3 Å². The van der Waals surface area contributed by atoms with E-state index in [1.807, 2.05) is 0 Å². The van der Waals surface area contributed by atoms with Crippen LogP contribution in [-0.4, -0.2) is 40.4 Å². The van der Waals surface area contributed by atoms with Crippen molar-refractivity contribution in [1.82, 2.24) is 0 Å². The molecule has 2 heterocycles. The van der Waals surface area contributed by atoms with Crippen LogP contribution in [0.15, 0.2) is 21.3 Å². The molecule has 2 aromatic rings. The molecule has 0 bridgehead atoms. The van der Waals surface area contributed by atoms with E-state index in [4.69, 9.17) is 30.1 Å². The molecule has 0 spiro atoms. The predicted octanol–water partition coefficient (Wildman–Crippen LogP) is 1.36. The summed E-state index contributed by atoms with van der Waals surface area (Å²) in [6, 6.07) is 2.98. The van der Waals surface area contributed by atoms with E-state index in [0.717, 1.165) is 0 Å².